The van der Waals surface area contributed by atoms with Crippen LogP contribution in [0.25, 0.3) is 6.08 Å². The number of aliphatic hydroxyl groups is 1. The van der Waals surface area contributed by atoms with Crippen LogP contribution in [0.2, 0.25) is 5.02 Å². The van der Waals surface area contributed by atoms with Gasteiger partial charge in [-0.2, -0.15) is 5.26 Å². The summed E-state index contributed by atoms with van der Waals surface area (Å²) in [6, 6.07) is 8.78. The number of halogens is 1. The molecule has 2 N–H and O–H groups in total. The van der Waals surface area contributed by atoms with Crippen molar-refractivity contribution >= 4 is 23.6 Å². The molecule has 0 unspecified atom stereocenters. The van der Waals surface area contributed by atoms with Crippen LogP contribution in [0.4, 0.5) is 0 Å². The molecule has 6 heteroatoms. The molecule has 0 aromatic heterocycles. The van der Waals surface area contributed by atoms with Gasteiger partial charge in [-0.15, -0.1) is 0 Å². The Morgan fingerprint density at radius 1 is 1.45 bits per heavy atom. The fourth-order valence-corrected chi connectivity index (χ4v) is 1.59. The van der Waals surface area contributed by atoms with E-state index in [4.69, 9.17) is 26.7 Å². The predicted molar refractivity (Wildman–Crippen MR) is 76.0 cm³/mol. The van der Waals surface area contributed by atoms with Crippen molar-refractivity contribution in [2.45, 2.75) is 0 Å². The average molecular weight is 295 g/mol. The summed E-state index contributed by atoms with van der Waals surface area (Å²) in [5.41, 5.74) is 0.581. The second-order valence-corrected chi connectivity index (χ2v) is 4.19. The van der Waals surface area contributed by atoms with E-state index < -0.39 is 5.91 Å². The summed E-state index contributed by atoms with van der Waals surface area (Å²) < 4.78 is 5.00. The summed E-state index contributed by atoms with van der Waals surface area (Å²) >= 11 is 5.96. The molecule has 1 aromatic rings. The summed E-state index contributed by atoms with van der Waals surface area (Å²) in [5.74, 6) is -0.486. The molecular formula is C14H15ClN2O3. The number of ether oxygens (including phenoxy) is 1. The monoisotopic (exact) mass is 294 g/mol. The Morgan fingerprint density at radius 2 is 2.20 bits per heavy atom. The fraction of sp³-hybridized carbons (Fsp3) is 0.286. The van der Waals surface area contributed by atoms with E-state index in [1.54, 1.807) is 24.3 Å². The highest BCUT2D eigenvalue weighted by Crippen LogP contribution is 2.17. The molecule has 1 aromatic carbocycles. The molecule has 0 aliphatic heterocycles. The van der Waals surface area contributed by atoms with Gasteiger partial charge in [-0.25, -0.2) is 0 Å². The maximum absolute atomic E-state index is 11.8. The lowest BCUT2D eigenvalue weighted by atomic mass is 10.1. The Morgan fingerprint density at radius 3 is 2.85 bits per heavy atom. The Hall–Kier alpha value is -1.87. The van der Waals surface area contributed by atoms with E-state index in [1.165, 1.54) is 6.08 Å². The van der Waals surface area contributed by atoms with Crippen LogP contribution in [-0.2, 0) is 9.53 Å². The maximum Gasteiger partial charge on any atom is 0.262 e. The number of nitrogens with one attached hydrogen (secondary N) is 1. The van der Waals surface area contributed by atoms with Gasteiger partial charge >= 0.3 is 0 Å². The first kappa shape index (κ1) is 16.2. The lowest BCUT2D eigenvalue weighted by Gasteiger charge is -2.05. The largest absolute Gasteiger partial charge is 0.394 e. The van der Waals surface area contributed by atoms with Crippen molar-refractivity contribution in [1.29, 1.82) is 5.26 Å². The van der Waals surface area contributed by atoms with Crippen LogP contribution < -0.4 is 5.32 Å². The quantitative estimate of drug-likeness (QED) is 0.452. The number of hydrogen-bond acceptors (Lipinski definition) is 4. The van der Waals surface area contributed by atoms with Crippen molar-refractivity contribution < 1.29 is 14.6 Å². The molecule has 0 bridgehead atoms. The van der Waals surface area contributed by atoms with Crippen molar-refractivity contribution in [1.82, 2.24) is 5.32 Å². The van der Waals surface area contributed by atoms with Crippen LogP contribution in [-0.4, -0.2) is 37.4 Å². The number of carbonyl (C=O) groups excluding carboxylic acids is 1. The minimum Gasteiger partial charge on any atom is -0.394 e. The third-order valence-electron chi connectivity index (χ3n) is 2.34. The van der Waals surface area contributed by atoms with Crippen molar-refractivity contribution in [2.24, 2.45) is 0 Å². The molecule has 0 aliphatic rings. The molecule has 0 radical (unpaired) electrons. The summed E-state index contributed by atoms with van der Waals surface area (Å²) in [6.07, 6.45) is 1.44. The van der Waals surface area contributed by atoms with Gasteiger partial charge in [0.2, 0.25) is 0 Å². The van der Waals surface area contributed by atoms with E-state index in [9.17, 15) is 4.79 Å². The Kier molecular flexibility index (Phi) is 7.36. The van der Waals surface area contributed by atoms with E-state index in [0.717, 1.165) is 0 Å². The van der Waals surface area contributed by atoms with Crippen molar-refractivity contribution in [3.63, 3.8) is 0 Å². The molecule has 0 spiro atoms. The van der Waals surface area contributed by atoms with Crippen LogP contribution in [0, 0.1) is 11.3 Å². The molecule has 1 rings (SSSR count). The van der Waals surface area contributed by atoms with Gasteiger partial charge < -0.3 is 15.2 Å². The number of nitrogens with zero attached hydrogens (tertiary/aromatic N) is 1. The van der Waals surface area contributed by atoms with Crippen LogP contribution >= 0.6 is 11.6 Å². The summed E-state index contributed by atoms with van der Waals surface area (Å²) in [6.45, 7) is 0.692. The Bertz CT molecular complexity index is 523. The average Bonchev–Trinajstić information content (AvgIpc) is 2.46. The van der Waals surface area contributed by atoms with Gasteiger partial charge in [-0.3, -0.25) is 4.79 Å². The number of amides is 1. The number of carbonyl (C=O) groups is 1. The number of aliphatic hydroxyl groups excluding tert-OH is 1. The first-order chi connectivity index (χ1) is 9.69. The van der Waals surface area contributed by atoms with Gasteiger partial charge in [0, 0.05) is 11.6 Å². The molecule has 0 aliphatic carbocycles. The van der Waals surface area contributed by atoms with E-state index in [1.807, 2.05) is 6.07 Å². The molecule has 1 amide bonds. The lowest BCUT2D eigenvalue weighted by Crippen LogP contribution is -2.28. The topological polar surface area (TPSA) is 82.4 Å². The zero-order valence-electron chi connectivity index (χ0n) is 10.8. The van der Waals surface area contributed by atoms with Gasteiger partial charge in [0.25, 0.3) is 5.91 Å². The van der Waals surface area contributed by atoms with Crippen LogP contribution in [0.3, 0.4) is 0 Å². The third-order valence-corrected chi connectivity index (χ3v) is 2.68. The summed E-state index contributed by atoms with van der Waals surface area (Å²) in [7, 11) is 0. The molecule has 0 fully saturated rings. The zero-order chi connectivity index (χ0) is 14.8. The second-order valence-electron chi connectivity index (χ2n) is 3.78. The Labute approximate surface area is 122 Å². The number of rotatable bonds is 7. The fourth-order valence-electron chi connectivity index (χ4n) is 1.39. The van der Waals surface area contributed by atoms with Crippen LogP contribution in [0.15, 0.2) is 29.8 Å². The number of hydrogen-bond donors (Lipinski definition) is 2. The smallest absolute Gasteiger partial charge is 0.262 e. The van der Waals surface area contributed by atoms with Gasteiger partial charge in [0.15, 0.2) is 0 Å². The Balaban J connectivity index is 2.60. The van der Waals surface area contributed by atoms with E-state index in [-0.39, 0.29) is 31.9 Å². The van der Waals surface area contributed by atoms with Gasteiger partial charge in [0.1, 0.15) is 11.6 Å². The van der Waals surface area contributed by atoms with E-state index in [0.29, 0.717) is 10.6 Å². The minimum atomic E-state index is -0.486. The standard InChI is InChI=1S/C14H15ClN2O3/c15-13-4-2-1-3-11(13)9-12(10-16)14(19)17-5-7-20-8-6-18/h1-4,9,18H,5-8H2,(H,17,19)/b12-9+. The highest BCUT2D eigenvalue weighted by atomic mass is 35.5. The maximum atomic E-state index is 11.8. The molecular weight excluding hydrogens is 280 g/mol. The van der Waals surface area contributed by atoms with Gasteiger partial charge in [0.05, 0.1) is 19.8 Å². The highest BCUT2D eigenvalue weighted by Gasteiger charge is 2.09. The van der Waals surface area contributed by atoms with E-state index in [2.05, 4.69) is 5.32 Å². The minimum absolute atomic E-state index is 0.0275. The molecule has 0 saturated carbocycles. The lowest BCUT2D eigenvalue weighted by molar-refractivity contribution is -0.117. The summed E-state index contributed by atoms with van der Waals surface area (Å²) in [4.78, 5) is 11.8. The first-order valence-electron chi connectivity index (χ1n) is 6.02. The molecule has 20 heavy (non-hydrogen) atoms. The molecule has 0 heterocycles. The van der Waals surface area contributed by atoms with Crippen molar-refractivity contribution in [3.8, 4) is 6.07 Å². The molecule has 106 valence electrons. The summed E-state index contributed by atoms with van der Waals surface area (Å²) in [5, 5.41) is 20.5. The normalized spacial score (nSPS) is 10.9. The second kappa shape index (κ2) is 9.10. The molecule has 0 atom stereocenters. The van der Waals surface area contributed by atoms with Crippen molar-refractivity contribution in [2.75, 3.05) is 26.4 Å². The zero-order valence-corrected chi connectivity index (χ0v) is 11.6. The molecule has 5 nitrogen and oxygen atoms in total. The number of benzene rings is 1. The van der Waals surface area contributed by atoms with Crippen LogP contribution in [0.1, 0.15) is 5.56 Å². The van der Waals surface area contributed by atoms with E-state index >= 15 is 0 Å². The molecule has 0 saturated heterocycles. The SMILES string of the molecule is N#C/C(=C\c1ccccc1Cl)C(=O)NCCOCCO. The predicted octanol–water partition coefficient (Wildman–Crippen LogP) is 1.37. The van der Waals surface area contributed by atoms with Crippen molar-refractivity contribution in [3.05, 3.63) is 40.4 Å². The number of nitriles is 1. The first-order valence-corrected chi connectivity index (χ1v) is 6.40. The third kappa shape index (κ3) is 5.41. The highest BCUT2D eigenvalue weighted by molar-refractivity contribution is 6.32. The van der Waals surface area contributed by atoms with Gasteiger partial charge in [-0.05, 0) is 17.7 Å². The van der Waals surface area contributed by atoms with Gasteiger partial charge in [-0.1, -0.05) is 29.8 Å². The van der Waals surface area contributed by atoms with Crippen LogP contribution in [0.5, 0.6) is 0 Å².